The molecule has 0 spiro atoms. The summed E-state index contributed by atoms with van der Waals surface area (Å²) in [6.45, 7) is 0. The number of benzene rings is 9. The summed E-state index contributed by atoms with van der Waals surface area (Å²) in [7, 11) is 0. The van der Waals surface area contributed by atoms with Crippen LogP contribution in [0.3, 0.4) is 0 Å². The van der Waals surface area contributed by atoms with E-state index in [0.29, 0.717) is 0 Å². The summed E-state index contributed by atoms with van der Waals surface area (Å²) < 4.78 is 13.1. The number of hydrogen-bond acceptors (Lipinski definition) is 2. The molecule has 9 aromatic carbocycles. The Kier molecular flexibility index (Phi) is 6.28. The zero-order valence-electron chi connectivity index (χ0n) is 28.1. The largest absolute Gasteiger partial charge is 0.456 e. The second-order valence-electron chi connectivity index (χ2n) is 13.5. The van der Waals surface area contributed by atoms with Gasteiger partial charge in [0.05, 0.1) is 0 Å². The summed E-state index contributed by atoms with van der Waals surface area (Å²) in [5, 5.41) is 9.41. The summed E-state index contributed by atoms with van der Waals surface area (Å²) in [5.41, 5.74) is 12.9. The van der Waals surface area contributed by atoms with Crippen LogP contribution in [0.15, 0.2) is 191 Å². The fourth-order valence-electron chi connectivity index (χ4n) is 8.48. The van der Waals surface area contributed by atoms with Gasteiger partial charge in [0.25, 0.3) is 0 Å². The van der Waals surface area contributed by atoms with Crippen molar-refractivity contribution in [2.45, 2.75) is 0 Å². The first-order valence-electron chi connectivity index (χ1n) is 17.8. The lowest BCUT2D eigenvalue weighted by Gasteiger charge is -2.18. The number of hydrogen-bond donors (Lipinski definition) is 0. The van der Waals surface area contributed by atoms with Gasteiger partial charge in [0.2, 0.25) is 0 Å². The van der Waals surface area contributed by atoms with E-state index in [4.69, 9.17) is 8.83 Å². The lowest BCUT2D eigenvalue weighted by Crippen LogP contribution is -1.91. The smallest absolute Gasteiger partial charge is 0.143 e. The Morgan fingerprint density at radius 2 is 0.750 bits per heavy atom. The molecule has 0 unspecified atom stereocenters. The topological polar surface area (TPSA) is 26.3 Å². The van der Waals surface area contributed by atoms with Crippen molar-refractivity contribution in [1.82, 2.24) is 0 Å². The second kappa shape index (κ2) is 11.3. The van der Waals surface area contributed by atoms with E-state index in [1.807, 2.05) is 24.3 Å². The molecule has 0 atom stereocenters. The van der Waals surface area contributed by atoms with Crippen molar-refractivity contribution >= 4 is 65.4 Å². The SMILES string of the molecule is c1ccc(-c2c3ccccc3c(-c3cccc(-c4ccc(-c5cccc6oc7ccccc7c56)c5oc6ccccc6c45)c3)c3ccccc23)cc1. The van der Waals surface area contributed by atoms with Gasteiger partial charge in [0.1, 0.15) is 22.3 Å². The Bertz CT molecular complexity index is 3120. The molecular weight excluding hydrogens is 633 g/mol. The van der Waals surface area contributed by atoms with Gasteiger partial charge in [0, 0.05) is 27.1 Å². The molecule has 11 aromatic rings. The van der Waals surface area contributed by atoms with Crippen LogP contribution < -0.4 is 0 Å². The minimum Gasteiger partial charge on any atom is -0.456 e. The Balaban J connectivity index is 1.17. The maximum absolute atomic E-state index is 6.79. The third-order valence-electron chi connectivity index (χ3n) is 10.7. The molecule has 2 nitrogen and oxygen atoms in total. The summed E-state index contributed by atoms with van der Waals surface area (Å²) in [5.74, 6) is 0. The van der Waals surface area contributed by atoms with Gasteiger partial charge in [-0.1, -0.05) is 152 Å². The number of para-hydroxylation sites is 2. The van der Waals surface area contributed by atoms with Crippen LogP contribution >= 0.6 is 0 Å². The van der Waals surface area contributed by atoms with Crippen LogP contribution in [-0.4, -0.2) is 0 Å². The summed E-state index contributed by atoms with van der Waals surface area (Å²) in [6, 6.07) is 64.9. The molecule has 2 heterocycles. The zero-order chi connectivity index (χ0) is 34.2. The fraction of sp³-hybridized carbons (Fsp3) is 0. The third kappa shape index (κ3) is 4.25. The molecule has 0 radical (unpaired) electrons. The maximum atomic E-state index is 6.79. The Morgan fingerprint density at radius 3 is 1.44 bits per heavy atom. The van der Waals surface area contributed by atoms with Gasteiger partial charge in [0.15, 0.2) is 0 Å². The first kappa shape index (κ1) is 28.9. The normalized spacial score (nSPS) is 11.8. The molecule has 52 heavy (non-hydrogen) atoms. The van der Waals surface area contributed by atoms with Crippen LogP contribution in [-0.2, 0) is 0 Å². The molecule has 242 valence electrons. The highest BCUT2D eigenvalue weighted by molar-refractivity contribution is 6.23. The van der Waals surface area contributed by atoms with Crippen LogP contribution in [0.1, 0.15) is 0 Å². The molecule has 0 aliphatic carbocycles. The quantitative estimate of drug-likeness (QED) is 0.175. The molecule has 2 aromatic heterocycles. The van der Waals surface area contributed by atoms with Gasteiger partial charge in [-0.2, -0.15) is 0 Å². The average Bonchev–Trinajstić information content (AvgIpc) is 3.79. The van der Waals surface area contributed by atoms with Crippen LogP contribution in [0.5, 0.6) is 0 Å². The van der Waals surface area contributed by atoms with E-state index in [2.05, 4.69) is 158 Å². The second-order valence-corrected chi connectivity index (χ2v) is 13.5. The van der Waals surface area contributed by atoms with Crippen molar-refractivity contribution in [3.63, 3.8) is 0 Å². The van der Waals surface area contributed by atoms with Crippen molar-refractivity contribution in [2.75, 3.05) is 0 Å². The van der Waals surface area contributed by atoms with Gasteiger partial charge < -0.3 is 8.83 Å². The van der Waals surface area contributed by atoms with Crippen LogP contribution in [0, 0.1) is 0 Å². The highest BCUT2D eigenvalue weighted by atomic mass is 16.3. The van der Waals surface area contributed by atoms with E-state index >= 15 is 0 Å². The summed E-state index contributed by atoms with van der Waals surface area (Å²) >= 11 is 0. The molecule has 0 fully saturated rings. The first-order valence-corrected chi connectivity index (χ1v) is 17.8. The van der Waals surface area contributed by atoms with Gasteiger partial charge in [-0.3, -0.25) is 0 Å². The van der Waals surface area contributed by atoms with Crippen molar-refractivity contribution in [3.8, 4) is 44.5 Å². The van der Waals surface area contributed by atoms with Gasteiger partial charge >= 0.3 is 0 Å². The van der Waals surface area contributed by atoms with Crippen molar-refractivity contribution < 1.29 is 8.83 Å². The predicted octanol–water partition coefficient (Wildman–Crippen LogP) is 14.5. The van der Waals surface area contributed by atoms with Gasteiger partial charge in [-0.05, 0) is 90.8 Å². The molecule has 0 N–H and O–H groups in total. The Morgan fingerprint density at radius 1 is 0.269 bits per heavy atom. The molecule has 0 bridgehead atoms. The first-order chi connectivity index (χ1) is 25.8. The van der Waals surface area contributed by atoms with Gasteiger partial charge in [-0.25, -0.2) is 0 Å². The molecule has 0 saturated carbocycles. The lowest BCUT2D eigenvalue weighted by molar-refractivity contribution is 0.668. The van der Waals surface area contributed by atoms with Gasteiger partial charge in [-0.15, -0.1) is 0 Å². The van der Waals surface area contributed by atoms with E-state index in [1.165, 1.54) is 43.8 Å². The molecule has 0 saturated heterocycles. The fourth-order valence-corrected chi connectivity index (χ4v) is 8.48. The minimum absolute atomic E-state index is 0.873. The minimum atomic E-state index is 0.873. The van der Waals surface area contributed by atoms with E-state index in [-0.39, 0.29) is 0 Å². The highest BCUT2D eigenvalue weighted by Crippen LogP contribution is 2.47. The molecule has 0 aliphatic heterocycles. The number of furan rings is 2. The van der Waals surface area contributed by atoms with Crippen LogP contribution in [0.2, 0.25) is 0 Å². The number of fused-ring (bicyclic) bond motifs is 8. The zero-order valence-corrected chi connectivity index (χ0v) is 28.1. The molecular formula is C50H30O2. The van der Waals surface area contributed by atoms with Crippen LogP contribution in [0.4, 0.5) is 0 Å². The van der Waals surface area contributed by atoms with E-state index in [0.717, 1.165) is 66.1 Å². The predicted molar refractivity (Wildman–Crippen MR) is 218 cm³/mol. The van der Waals surface area contributed by atoms with E-state index in [9.17, 15) is 0 Å². The molecule has 11 rings (SSSR count). The van der Waals surface area contributed by atoms with Crippen molar-refractivity contribution in [1.29, 1.82) is 0 Å². The third-order valence-corrected chi connectivity index (χ3v) is 10.7. The maximum Gasteiger partial charge on any atom is 0.143 e. The number of rotatable bonds is 4. The Hall–Kier alpha value is -6.90. The van der Waals surface area contributed by atoms with Crippen molar-refractivity contribution in [2.24, 2.45) is 0 Å². The highest BCUT2D eigenvalue weighted by Gasteiger charge is 2.21. The standard InChI is InChI=1S/C50H30O2/c1-2-14-31(15-3-1)46-35-18-4-6-20-37(35)47(38-21-7-5-19-36(38)46)33-17-12-16-32(30-33)34-28-29-40(50-49(34)42-23-9-11-26-44(42)52-50)39-24-13-27-45-48(39)41-22-8-10-25-43(41)51-45/h1-30H. The monoisotopic (exact) mass is 662 g/mol. The lowest BCUT2D eigenvalue weighted by atomic mass is 9.85. The summed E-state index contributed by atoms with van der Waals surface area (Å²) in [6.07, 6.45) is 0. The molecule has 0 amide bonds. The van der Waals surface area contributed by atoms with E-state index < -0.39 is 0 Å². The van der Waals surface area contributed by atoms with E-state index in [1.54, 1.807) is 0 Å². The van der Waals surface area contributed by atoms with Crippen LogP contribution in [0.25, 0.3) is 110 Å². The molecule has 0 aliphatic rings. The Labute approximate surface area is 299 Å². The average molecular weight is 663 g/mol. The van der Waals surface area contributed by atoms with Crippen molar-refractivity contribution in [3.05, 3.63) is 182 Å². The summed E-state index contributed by atoms with van der Waals surface area (Å²) in [4.78, 5) is 0. The molecule has 2 heteroatoms.